The molecule has 0 saturated carbocycles. The summed E-state index contributed by atoms with van der Waals surface area (Å²) < 4.78 is 11.4. The van der Waals surface area contributed by atoms with E-state index in [1.807, 2.05) is 24.3 Å². The van der Waals surface area contributed by atoms with Crippen LogP contribution < -0.4 is 10.1 Å². The van der Waals surface area contributed by atoms with Gasteiger partial charge in [0.2, 0.25) is 17.6 Å². The highest BCUT2D eigenvalue weighted by molar-refractivity contribution is 14.1. The summed E-state index contributed by atoms with van der Waals surface area (Å²) in [5.74, 6) is 1.60. The summed E-state index contributed by atoms with van der Waals surface area (Å²) in [7, 11) is 1.60. The van der Waals surface area contributed by atoms with Crippen LogP contribution in [0.1, 0.15) is 12.3 Å². The highest BCUT2D eigenvalue weighted by Gasteiger charge is 2.11. The summed E-state index contributed by atoms with van der Waals surface area (Å²) in [4.78, 5) is 16.4. The number of halogens is 1. The molecule has 0 aliphatic rings. The Hall–Kier alpha value is -2.42. The van der Waals surface area contributed by atoms with E-state index in [4.69, 9.17) is 9.26 Å². The summed E-state index contributed by atoms with van der Waals surface area (Å²) in [5, 5.41) is 6.79. The molecule has 0 spiro atoms. The van der Waals surface area contributed by atoms with Crippen LogP contribution in [-0.2, 0) is 11.2 Å². The number of carbonyl (C=O) groups excluding carboxylic acids is 1. The molecule has 0 fully saturated rings. The van der Waals surface area contributed by atoms with Crippen LogP contribution in [-0.4, -0.2) is 23.2 Å². The number of nitrogens with zero attached hydrogens (tertiary/aromatic N) is 2. The third kappa shape index (κ3) is 4.79. The van der Waals surface area contributed by atoms with Crippen LogP contribution in [0.3, 0.4) is 0 Å². The maximum Gasteiger partial charge on any atom is 0.227 e. The first-order valence-corrected chi connectivity index (χ1v) is 8.74. The van der Waals surface area contributed by atoms with Crippen molar-refractivity contribution in [1.82, 2.24) is 10.1 Å². The Bertz CT molecular complexity index is 845. The van der Waals surface area contributed by atoms with Crippen molar-refractivity contribution < 1.29 is 14.1 Å². The van der Waals surface area contributed by atoms with Gasteiger partial charge in [-0.15, -0.1) is 0 Å². The average molecular weight is 449 g/mol. The zero-order valence-electron chi connectivity index (χ0n) is 13.5. The second kappa shape index (κ2) is 8.11. The number of aryl methyl sites for hydroxylation is 1. The minimum Gasteiger partial charge on any atom is -0.497 e. The fraction of sp³-hybridized carbons (Fsp3) is 0.167. The fourth-order valence-corrected chi connectivity index (χ4v) is 2.55. The van der Waals surface area contributed by atoms with E-state index in [0.29, 0.717) is 18.1 Å². The lowest BCUT2D eigenvalue weighted by Gasteiger charge is -2.05. The molecule has 0 aliphatic carbocycles. The maximum absolute atomic E-state index is 12.0. The number of methoxy groups -OCH3 is 1. The van der Waals surface area contributed by atoms with Gasteiger partial charge in [0.05, 0.1) is 7.11 Å². The van der Waals surface area contributed by atoms with Crippen molar-refractivity contribution in [3.63, 3.8) is 0 Å². The Morgan fingerprint density at radius 3 is 2.56 bits per heavy atom. The van der Waals surface area contributed by atoms with Gasteiger partial charge in [0.15, 0.2) is 0 Å². The Balaban J connectivity index is 1.54. The van der Waals surface area contributed by atoms with Crippen molar-refractivity contribution in [1.29, 1.82) is 0 Å². The maximum atomic E-state index is 12.0. The quantitative estimate of drug-likeness (QED) is 0.578. The third-order valence-electron chi connectivity index (χ3n) is 3.51. The second-order valence-corrected chi connectivity index (χ2v) is 6.54. The smallest absolute Gasteiger partial charge is 0.227 e. The number of hydrogen-bond acceptors (Lipinski definition) is 5. The van der Waals surface area contributed by atoms with Gasteiger partial charge in [0, 0.05) is 27.7 Å². The monoisotopic (exact) mass is 449 g/mol. The van der Waals surface area contributed by atoms with Crippen molar-refractivity contribution >= 4 is 34.2 Å². The van der Waals surface area contributed by atoms with Gasteiger partial charge in [-0.05, 0) is 59.0 Å². The first-order chi connectivity index (χ1) is 12.1. The molecule has 6 nitrogen and oxygen atoms in total. The van der Waals surface area contributed by atoms with Crippen LogP contribution in [0, 0.1) is 3.57 Å². The predicted octanol–water partition coefficient (Wildman–Crippen LogP) is 3.92. The van der Waals surface area contributed by atoms with Gasteiger partial charge in [-0.2, -0.15) is 4.98 Å². The lowest BCUT2D eigenvalue weighted by Crippen LogP contribution is -2.12. The molecule has 0 aliphatic heterocycles. The number of amides is 1. The molecule has 1 amide bonds. The van der Waals surface area contributed by atoms with Crippen molar-refractivity contribution in [3.05, 3.63) is 58.0 Å². The lowest BCUT2D eigenvalue weighted by atomic mass is 10.2. The number of rotatable bonds is 6. The zero-order chi connectivity index (χ0) is 17.6. The van der Waals surface area contributed by atoms with Crippen molar-refractivity contribution in [2.24, 2.45) is 0 Å². The van der Waals surface area contributed by atoms with Crippen LogP contribution in [0.2, 0.25) is 0 Å². The fourth-order valence-electron chi connectivity index (χ4n) is 2.19. The predicted molar refractivity (Wildman–Crippen MR) is 102 cm³/mol. The molecular weight excluding hydrogens is 433 g/mol. The SMILES string of the molecule is COc1ccc(NC(=O)CCc2nc(-c3ccc(I)cc3)no2)cc1. The van der Waals surface area contributed by atoms with Gasteiger partial charge < -0.3 is 14.6 Å². The van der Waals surface area contributed by atoms with Crippen LogP contribution in [0.15, 0.2) is 53.1 Å². The molecule has 1 heterocycles. The Morgan fingerprint density at radius 2 is 1.88 bits per heavy atom. The van der Waals surface area contributed by atoms with Crippen molar-refractivity contribution in [2.45, 2.75) is 12.8 Å². The molecule has 0 atom stereocenters. The molecule has 0 radical (unpaired) electrons. The average Bonchev–Trinajstić information content (AvgIpc) is 3.10. The zero-order valence-corrected chi connectivity index (χ0v) is 15.7. The largest absolute Gasteiger partial charge is 0.497 e. The molecule has 1 N–H and O–H groups in total. The summed E-state index contributed by atoms with van der Waals surface area (Å²) in [6, 6.07) is 15.0. The molecule has 0 bridgehead atoms. The Kier molecular flexibility index (Phi) is 5.64. The summed E-state index contributed by atoms with van der Waals surface area (Å²) in [6.07, 6.45) is 0.652. The van der Waals surface area contributed by atoms with Crippen molar-refractivity contribution in [3.8, 4) is 17.1 Å². The Labute approximate surface area is 158 Å². The van der Waals surface area contributed by atoms with E-state index >= 15 is 0 Å². The van der Waals surface area contributed by atoms with Crippen LogP contribution in [0.25, 0.3) is 11.4 Å². The van der Waals surface area contributed by atoms with E-state index in [9.17, 15) is 4.79 Å². The van der Waals surface area contributed by atoms with Crippen LogP contribution in [0.5, 0.6) is 5.75 Å². The van der Waals surface area contributed by atoms with E-state index in [1.54, 1.807) is 31.4 Å². The molecule has 2 aromatic carbocycles. The van der Waals surface area contributed by atoms with Crippen LogP contribution >= 0.6 is 22.6 Å². The molecule has 3 aromatic rings. The van der Waals surface area contributed by atoms with Gasteiger partial charge in [-0.1, -0.05) is 17.3 Å². The number of anilines is 1. The number of ether oxygens (including phenoxy) is 1. The lowest BCUT2D eigenvalue weighted by molar-refractivity contribution is -0.116. The summed E-state index contributed by atoms with van der Waals surface area (Å²) in [5.41, 5.74) is 1.61. The third-order valence-corrected chi connectivity index (χ3v) is 4.23. The topological polar surface area (TPSA) is 77.2 Å². The molecule has 128 valence electrons. The Morgan fingerprint density at radius 1 is 1.16 bits per heavy atom. The van der Waals surface area contributed by atoms with Crippen LogP contribution in [0.4, 0.5) is 5.69 Å². The first-order valence-electron chi connectivity index (χ1n) is 7.66. The molecule has 0 unspecified atom stereocenters. The van der Waals surface area contributed by atoms with Gasteiger partial charge >= 0.3 is 0 Å². The highest BCUT2D eigenvalue weighted by Crippen LogP contribution is 2.18. The molecule has 7 heteroatoms. The molecule has 25 heavy (non-hydrogen) atoms. The van der Waals surface area contributed by atoms with E-state index in [1.165, 1.54) is 0 Å². The number of carbonyl (C=O) groups is 1. The minimum atomic E-state index is -0.112. The standard InChI is InChI=1S/C18H16IN3O3/c1-24-15-8-6-14(7-9-15)20-16(23)10-11-17-21-18(22-25-17)12-2-4-13(19)5-3-12/h2-9H,10-11H2,1H3,(H,20,23). The normalized spacial score (nSPS) is 10.5. The number of hydrogen-bond donors (Lipinski definition) is 1. The summed E-state index contributed by atoms with van der Waals surface area (Å²) in [6.45, 7) is 0. The van der Waals surface area contributed by atoms with Gasteiger partial charge in [0.25, 0.3) is 0 Å². The molecular formula is C18H16IN3O3. The van der Waals surface area contributed by atoms with Gasteiger partial charge in [-0.3, -0.25) is 4.79 Å². The molecule has 1 aromatic heterocycles. The van der Waals surface area contributed by atoms with E-state index < -0.39 is 0 Å². The number of aromatic nitrogens is 2. The second-order valence-electron chi connectivity index (χ2n) is 5.30. The van der Waals surface area contributed by atoms with E-state index in [2.05, 4.69) is 38.0 Å². The highest BCUT2D eigenvalue weighted by atomic mass is 127. The number of benzene rings is 2. The molecule has 0 saturated heterocycles. The first kappa shape index (κ1) is 17.4. The number of nitrogens with one attached hydrogen (secondary N) is 1. The van der Waals surface area contributed by atoms with Gasteiger partial charge in [0.1, 0.15) is 5.75 Å². The molecule has 3 rings (SSSR count). The minimum absolute atomic E-state index is 0.112. The summed E-state index contributed by atoms with van der Waals surface area (Å²) >= 11 is 2.24. The van der Waals surface area contributed by atoms with E-state index in [-0.39, 0.29) is 12.3 Å². The van der Waals surface area contributed by atoms with Crippen molar-refractivity contribution in [2.75, 3.05) is 12.4 Å². The van der Waals surface area contributed by atoms with Gasteiger partial charge in [-0.25, -0.2) is 0 Å². The van der Waals surface area contributed by atoms with E-state index in [0.717, 1.165) is 20.6 Å².